The van der Waals surface area contributed by atoms with Crippen LogP contribution >= 0.6 is 0 Å². The molecule has 1 aromatic rings. The van der Waals surface area contributed by atoms with Gasteiger partial charge in [-0.25, -0.2) is 0 Å². The van der Waals surface area contributed by atoms with Crippen molar-refractivity contribution < 1.29 is 0 Å². The minimum Gasteiger partial charge on any atom is -0.316 e. The van der Waals surface area contributed by atoms with E-state index in [0.717, 1.165) is 6.54 Å². The average molecular weight is 272 g/mol. The summed E-state index contributed by atoms with van der Waals surface area (Å²) in [7, 11) is 4.21. The molecule has 2 atom stereocenters. The molecule has 0 radical (unpaired) electrons. The van der Waals surface area contributed by atoms with Crippen molar-refractivity contribution in [2.75, 3.05) is 20.6 Å². The van der Waals surface area contributed by atoms with Gasteiger partial charge in [-0.3, -0.25) is 4.90 Å². The lowest BCUT2D eigenvalue weighted by molar-refractivity contribution is 0.254. The highest BCUT2D eigenvalue weighted by molar-refractivity contribution is 5.34. The van der Waals surface area contributed by atoms with Gasteiger partial charge in [0.2, 0.25) is 0 Å². The van der Waals surface area contributed by atoms with E-state index in [0.29, 0.717) is 12.1 Å². The van der Waals surface area contributed by atoms with Crippen molar-refractivity contribution in [1.29, 1.82) is 0 Å². The summed E-state index contributed by atoms with van der Waals surface area (Å²) >= 11 is 0. The largest absolute Gasteiger partial charge is 0.316 e. The molecule has 0 aliphatic carbocycles. The Kier molecular flexibility index (Phi) is 7.27. The van der Waals surface area contributed by atoms with Gasteiger partial charge in [0, 0.05) is 12.6 Å². The molecule has 0 spiro atoms. The van der Waals surface area contributed by atoms with E-state index in [1.165, 1.54) is 11.1 Å². The van der Waals surface area contributed by atoms with Gasteiger partial charge in [0.05, 0.1) is 6.04 Å². The zero-order chi connectivity index (χ0) is 15.0. The number of hydrogen-bond donors (Lipinski definition) is 1. The number of nitrogens with one attached hydrogen (secondary N) is 1. The van der Waals surface area contributed by atoms with Gasteiger partial charge >= 0.3 is 0 Å². The van der Waals surface area contributed by atoms with Crippen LogP contribution in [0.3, 0.4) is 0 Å². The van der Waals surface area contributed by atoms with E-state index in [-0.39, 0.29) is 0 Å². The number of nitrogens with zero attached hydrogens (tertiary/aromatic N) is 1. The van der Waals surface area contributed by atoms with Crippen molar-refractivity contribution in [2.24, 2.45) is 0 Å². The molecule has 0 saturated heterocycles. The van der Waals surface area contributed by atoms with E-state index in [9.17, 15) is 0 Å². The summed E-state index contributed by atoms with van der Waals surface area (Å²) in [6.07, 6.45) is 6.52. The third kappa shape index (κ3) is 4.62. The molecule has 0 fully saturated rings. The van der Waals surface area contributed by atoms with Gasteiger partial charge in [-0.05, 0) is 46.0 Å². The SMILES string of the molecule is C/C=C\C(=C/C)C(c1ccccc1)N(C)C[C@H](C)NC. The van der Waals surface area contributed by atoms with Gasteiger partial charge in [-0.1, -0.05) is 48.6 Å². The van der Waals surface area contributed by atoms with Crippen molar-refractivity contribution in [3.8, 4) is 0 Å². The number of likely N-dealkylation sites (N-methyl/N-ethyl adjacent to an activating group) is 2. The zero-order valence-electron chi connectivity index (χ0n) is 13.4. The Morgan fingerprint density at radius 2 is 1.90 bits per heavy atom. The molecular formula is C18H28N2. The Balaban J connectivity index is 3.07. The molecule has 20 heavy (non-hydrogen) atoms. The Labute approximate surface area is 124 Å². The fraction of sp³-hybridized carbons (Fsp3) is 0.444. The van der Waals surface area contributed by atoms with Crippen LogP contribution in [0.25, 0.3) is 0 Å². The van der Waals surface area contributed by atoms with Crippen molar-refractivity contribution in [1.82, 2.24) is 10.2 Å². The summed E-state index contributed by atoms with van der Waals surface area (Å²) in [5.41, 5.74) is 2.68. The first-order valence-electron chi connectivity index (χ1n) is 7.35. The summed E-state index contributed by atoms with van der Waals surface area (Å²) in [5.74, 6) is 0. The molecule has 0 aliphatic heterocycles. The quantitative estimate of drug-likeness (QED) is 0.760. The highest BCUT2D eigenvalue weighted by atomic mass is 15.1. The van der Waals surface area contributed by atoms with Crippen molar-refractivity contribution >= 4 is 0 Å². The van der Waals surface area contributed by atoms with Crippen LogP contribution in [0.5, 0.6) is 0 Å². The Bertz CT molecular complexity index is 434. The maximum Gasteiger partial charge on any atom is 0.0596 e. The molecule has 0 aromatic heterocycles. The summed E-state index contributed by atoms with van der Waals surface area (Å²) in [6.45, 7) is 7.40. The molecule has 0 heterocycles. The van der Waals surface area contributed by atoms with Crippen molar-refractivity contribution in [3.05, 3.63) is 59.7 Å². The van der Waals surface area contributed by atoms with Gasteiger partial charge < -0.3 is 5.32 Å². The Morgan fingerprint density at radius 3 is 2.40 bits per heavy atom. The van der Waals surface area contributed by atoms with Crippen molar-refractivity contribution in [3.63, 3.8) is 0 Å². The number of rotatable bonds is 7. The van der Waals surface area contributed by atoms with Crippen LogP contribution in [0.15, 0.2) is 54.1 Å². The second-order valence-electron chi connectivity index (χ2n) is 5.23. The fourth-order valence-electron chi connectivity index (χ4n) is 2.50. The van der Waals surface area contributed by atoms with Crippen LogP contribution in [0.2, 0.25) is 0 Å². The Morgan fingerprint density at radius 1 is 1.25 bits per heavy atom. The second kappa shape index (κ2) is 8.72. The highest BCUT2D eigenvalue weighted by Crippen LogP contribution is 2.28. The molecule has 0 aliphatic rings. The first-order valence-corrected chi connectivity index (χ1v) is 7.35. The van der Waals surface area contributed by atoms with E-state index in [1.807, 2.05) is 7.05 Å². The van der Waals surface area contributed by atoms with Gasteiger partial charge in [0.15, 0.2) is 0 Å². The minimum absolute atomic E-state index is 0.299. The summed E-state index contributed by atoms with van der Waals surface area (Å²) in [6, 6.07) is 11.5. The molecular weight excluding hydrogens is 244 g/mol. The second-order valence-corrected chi connectivity index (χ2v) is 5.23. The molecule has 2 nitrogen and oxygen atoms in total. The van der Waals surface area contributed by atoms with E-state index in [1.54, 1.807) is 0 Å². The average Bonchev–Trinajstić information content (AvgIpc) is 2.47. The normalized spacial score (nSPS) is 15.8. The summed E-state index contributed by atoms with van der Waals surface area (Å²) in [4.78, 5) is 2.41. The van der Waals surface area contributed by atoms with Crippen LogP contribution in [-0.4, -0.2) is 31.6 Å². The first kappa shape index (κ1) is 16.7. The molecule has 0 bridgehead atoms. The zero-order valence-corrected chi connectivity index (χ0v) is 13.4. The standard InChI is InChI=1S/C18H28N2/c1-6-11-16(7-2)18(17-12-9-8-10-13-17)20(5)14-15(3)19-4/h6-13,15,18-19H,14H2,1-5H3/b11-6-,16-7+/t15-,18?/m0/s1. The van der Waals surface area contributed by atoms with Crippen LogP contribution in [0.4, 0.5) is 0 Å². The molecule has 1 unspecified atom stereocenters. The number of benzene rings is 1. The van der Waals surface area contributed by atoms with Gasteiger partial charge in [-0.2, -0.15) is 0 Å². The topological polar surface area (TPSA) is 15.3 Å². The van der Waals surface area contributed by atoms with Crippen molar-refractivity contribution in [2.45, 2.75) is 32.9 Å². The molecule has 0 saturated carbocycles. The highest BCUT2D eigenvalue weighted by Gasteiger charge is 2.20. The molecule has 0 amide bonds. The van der Waals surface area contributed by atoms with Crippen LogP contribution in [0, 0.1) is 0 Å². The maximum absolute atomic E-state index is 3.31. The number of hydrogen-bond acceptors (Lipinski definition) is 2. The molecule has 1 aromatic carbocycles. The lowest BCUT2D eigenvalue weighted by Gasteiger charge is -2.31. The van der Waals surface area contributed by atoms with E-state index < -0.39 is 0 Å². The lowest BCUT2D eigenvalue weighted by Crippen LogP contribution is -2.37. The third-order valence-electron chi connectivity index (χ3n) is 3.62. The molecule has 1 N–H and O–H groups in total. The van der Waals surface area contributed by atoms with Crippen LogP contribution < -0.4 is 5.32 Å². The van der Waals surface area contributed by atoms with Gasteiger partial charge in [-0.15, -0.1) is 0 Å². The van der Waals surface area contributed by atoms with E-state index in [4.69, 9.17) is 0 Å². The maximum atomic E-state index is 3.31. The molecule has 1 rings (SSSR count). The Hall–Kier alpha value is -1.38. The predicted octanol–water partition coefficient (Wildman–Crippen LogP) is 3.79. The van der Waals surface area contributed by atoms with Gasteiger partial charge in [0.1, 0.15) is 0 Å². The van der Waals surface area contributed by atoms with Crippen LogP contribution in [-0.2, 0) is 0 Å². The summed E-state index contributed by atoms with van der Waals surface area (Å²) < 4.78 is 0. The predicted molar refractivity (Wildman–Crippen MR) is 88.9 cm³/mol. The molecule has 2 heteroatoms. The minimum atomic E-state index is 0.299. The number of allylic oxidation sites excluding steroid dienone is 2. The van der Waals surface area contributed by atoms with Gasteiger partial charge in [0.25, 0.3) is 0 Å². The van der Waals surface area contributed by atoms with E-state index in [2.05, 4.69) is 86.6 Å². The van der Waals surface area contributed by atoms with Crippen LogP contribution in [0.1, 0.15) is 32.4 Å². The summed E-state index contributed by atoms with van der Waals surface area (Å²) in [5, 5.41) is 3.31. The lowest BCUT2D eigenvalue weighted by atomic mass is 9.96. The molecule has 110 valence electrons. The smallest absolute Gasteiger partial charge is 0.0596 e. The fourth-order valence-corrected chi connectivity index (χ4v) is 2.50. The first-order chi connectivity index (χ1) is 9.63. The van der Waals surface area contributed by atoms with E-state index >= 15 is 0 Å². The third-order valence-corrected chi connectivity index (χ3v) is 3.62. The monoisotopic (exact) mass is 272 g/mol.